The molecule has 0 aliphatic carbocycles. The maximum Gasteiger partial charge on any atom is 0.153 e. The van der Waals surface area contributed by atoms with Crippen LogP contribution in [0.4, 0.5) is 0 Å². The van der Waals surface area contributed by atoms with Gasteiger partial charge in [-0.25, -0.2) is 4.68 Å². The van der Waals surface area contributed by atoms with E-state index in [9.17, 15) is 0 Å². The zero-order chi connectivity index (χ0) is 11.4. The molecule has 0 fully saturated rings. The van der Waals surface area contributed by atoms with Gasteiger partial charge in [0.2, 0.25) is 0 Å². The van der Waals surface area contributed by atoms with Gasteiger partial charge in [0.05, 0.1) is 11.7 Å². The van der Waals surface area contributed by atoms with Gasteiger partial charge in [-0.15, -0.1) is 5.10 Å². The predicted molar refractivity (Wildman–Crippen MR) is 63.7 cm³/mol. The Hall–Kier alpha value is -0.460. The predicted octanol–water partition coefficient (Wildman–Crippen LogP) is 0.790. The molecule has 1 atom stereocenters. The maximum absolute atomic E-state index is 3.99. The molecule has 0 saturated carbocycles. The lowest BCUT2D eigenvalue weighted by Gasteiger charge is -2.18. The monoisotopic (exact) mass is 275 g/mol. The molecule has 1 rings (SSSR count). The van der Waals surface area contributed by atoms with Crippen LogP contribution in [0.3, 0.4) is 0 Å². The van der Waals surface area contributed by atoms with E-state index in [0.29, 0.717) is 0 Å². The molecule has 0 aliphatic rings. The van der Waals surface area contributed by atoms with Crippen molar-refractivity contribution in [1.29, 1.82) is 0 Å². The highest BCUT2D eigenvalue weighted by atomic mass is 79.9. The van der Waals surface area contributed by atoms with Gasteiger partial charge in [-0.2, -0.15) is 0 Å². The van der Waals surface area contributed by atoms with Crippen LogP contribution in [0, 0.1) is 0 Å². The third kappa shape index (κ3) is 3.25. The van der Waals surface area contributed by atoms with E-state index < -0.39 is 0 Å². The van der Waals surface area contributed by atoms with Crippen molar-refractivity contribution in [3.8, 4) is 0 Å². The molecule has 0 radical (unpaired) electrons. The summed E-state index contributed by atoms with van der Waals surface area (Å²) >= 11 is 3.42. The summed E-state index contributed by atoms with van der Waals surface area (Å²) in [4.78, 5) is 2.17. The van der Waals surface area contributed by atoms with Crippen molar-refractivity contribution < 1.29 is 0 Å². The van der Waals surface area contributed by atoms with Crippen molar-refractivity contribution >= 4 is 15.9 Å². The summed E-state index contributed by atoms with van der Waals surface area (Å²) < 4.78 is 2.63. The van der Waals surface area contributed by atoms with Crippen LogP contribution in [0.1, 0.15) is 18.2 Å². The molecule has 1 unspecified atom stereocenters. The van der Waals surface area contributed by atoms with Gasteiger partial charge in [0, 0.05) is 7.05 Å². The number of hydrogen-bond donors (Lipinski definition) is 1. The number of rotatable bonds is 5. The van der Waals surface area contributed by atoms with Crippen LogP contribution < -0.4 is 5.32 Å². The quantitative estimate of drug-likeness (QED) is 0.863. The highest BCUT2D eigenvalue weighted by Gasteiger charge is 2.18. The molecule has 0 aliphatic heterocycles. The Morgan fingerprint density at radius 2 is 2.20 bits per heavy atom. The lowest BCUT2D eigenvalue weighted by Crippen LogP contribution is -2.25. The van der Waals surface area contributed by atoms with E-state index >= 15 is 0 Å². The molecule has 5 nitrogen and oxygen atoms in total. The molecule has 1 aromatic rings. The van der Waals surface area contributed by atoms with Crippen molar-refractivity contribution in [3.63, 3.8) is 0 Å². The van der Waals surface area contributed by atoms with Crippen LogP contribution in [-0.4, -0.2) is 47.6 Å². The first-order valence-corrected chi connectivity index (χ1v) is 5.72. The van der Waals surface area contributed by atoms with Crippen LogP contribution in [0.2, 0.25) is 0 Å². The molecular weight excluding hydrogens is 258 g/mol. The van der Waals surface area contributed by atoms with E-state index in [4.69, 9.17) is 0 Å². The average Bonchev–Trinajstić information content (AvgIpc) is 2.49. The van der Waals surface area contributed by atoms with E-state index in [1.54, 1.807) is 4.68 Å². The van der Waals surface area contributed by atoms with Gasteiger partial charge in [-0.1, -0.05) is 5.21 Å². The first-order valence-electron chi connectivity index (χ1n) is 4.93. The van der Waals surface area contributed by atoms with Gasteiger partial charge in [0.25, 0.3) is 0 Å². The molecule has 1 aromatic heterocycles. The molecule has 0 aromatic carbocycles. The molecule has 15 heavy (non-hydrogen) atoms. The second-order valence-electron chi connectivity index (χ2n) is 3.82. The Morgan fingerprint density at radius 3 is 2.60 bits per heavy atom. The van der Waals surface area contributed by atoms with Crippen molar-refractivity contribution in [2.24, 2.45) is 7.05 Å². The Labute approximate surface area is 99.0 Å². The standard InChI is InChI=1S/C9H18BrN5/c1-11-7(5-6-14(2)3)8-9(10)12-13-15(8)4/h7,11H,5-6H2,1-4H3. The number of halogens is 1. The van der Waals surface area contributed by atoms with E-state index in [2.05, 4.69) is 50.6 Å². The smallest absolute Gasteiger partial charge is 0.153 e. The number of aromatic nitrogens is 3. The van der Waals surface area contributed by atoms with E-state index in [1.807, 2.05) is 14.1 Å². The van der Waals surface area contributed by atoms with Crippen LogP contribution >= 0.6 is 15.9 Å². The molecule has 0 spiro atoms. The minimum Gasteiger partial charge on any atom is -0.312 e. The summed E-state index contributed by atoms with van der Waals surface area (Å²) in [5.41, 5.74) is 1.10. The summed E-state index contributed by atoms with van der Waals surface area (Å²) in [6.07, 6.45) is 1.03. The average molecular weight is 276 g/mol. The minimum absolute atomic E-state index is 0.279. The highest BCUT2D eigenvalue weighted by Crippen LogP contribution is 2.22. The third-order valence-corrected chi connectivity index (χ3v) is 2.94. The van der Waals surface area contributed by atoms with E-state index in [1.165, 1.54) is 0 Å². The number of nitrogens with zero attached hydrogens (tertiary/aromatic N) is 4. The Balaban J connectivity index is 2.74. The summed E-state index contributed by atoms with van der Waals surface area (Å²) in [5.74, 6) is 0. The fourth-order valence-corrected chi connectivity index (χ4v) is 2.12. The van der Waals surface area contributed by atoms with Crippen LogP contribution in [0.25, 0.3) is 0 Å². The molecule has 6 heteroatoms. The lowest BCUT2D eigenvalue weighted by atomic mass is 10.1. The number of nitrogens with one attached hydrogen (secondary N) is 1. The molecule has 0 amide bonds. The lowest BCUT2D eigenvalue weighted by molar-refractivity contribution is 0.361. The van der Waals surface area contributed by atoms with Crippen molar-refractivity contribution in [3.05, 3.63) is 10.3 Å². The van der Waals surface area contributed by atoms with Gasteiger partial charge in [0.1, 0.15) is 0 Å². The van der Waals surface area contributed by atoms with E-state index in [-0.39, 0.29) is 6.04 Å². The van der Waals surface area contributed by atoms with Crippen LogP contribution in [0.5, 0.6) is 0 Å². The third-order valence-electron chi connectivity index (χ3n) is 2.37. The molecule has 86 valence electrons. The van der Waals surface area contributed by atoms with Crippen molar-refractivity contribution in [2.75, 3.05) is 27.7 Å². The summed E-state index contributed by atoms with van der Waals surface area (Å²) in [6.45, 7) is 1.03. The molecular formula is C9H18BrN5. The minimum atomic E-state index is 0.279. The van der Waals surface area contributed by atoms with Crippen molar-refractivity contribution in [2.45, 2.75) is 12.5 Å². The molecule has 0 bridgehead atoms. The normalized spacial score (nSPS) is 13.5. The zero-order valence-corrected chi connectivity index (χ0v) is 11.2. The van der Waals surface area contributed by atoms with Gasteiger partial charge < -0.3 is 10.2 Å². The van der Waals surface area contributed by atoms with Crippen LogP contribution in [-0.2, 0) is 7.05 Å². The SMILES string of the molecule is CNC(CCN(C)C)c1c(Br)nnn1C. The molecule has 1 N–H and O–H groups in total. The Bertz CT molecular complexity index is 290. The Morgan fingerprint density at radius 1 is 1.53 bits per heavy atom. The fourth-order valence-electron chi connectivity index (χ4n) is 1.51. The topological polar surface area (TPSA) is 46.0 Å². The second-order valence-corrected chi connectivity index (χ2v) is 4.57. The number of hydrogen-bond acceptors (Lipinski definition) is 4. The first kappa shape index (κ1) is 12.6. The second kappa shape index (κ2) is 5.58. The van der Waals surface area contributed by atoms with E-state index in [0.717, 1.165) is 23.3 Å². The number of aryl methyl sites for hydroxylation is 1. The van der Waals surface area contributed by atoms with Gasteiger partial charge in [-0.3, -0.25) is 0 Å². The Kier molecular flexibility index (Phi) is 4.69. The fraction of sp³-hybridized carbons (Fsp3) is 0.778. The van der Waals surface area contributed by atoms with Gasteiger partial charge in [0.15, 0.2) is 4.60 Å². The zero-order valence-electron chi connectivity index (χ0n) is 9.66. The summed E-state index contributed by atoms with van der Waals surface area (Å²) in [5, 5.41) is 11.3. The van der Waals surface area contributed by atoms with Gasteiger partial charge >= 0.3 is 0 Å². The molecule has 1 heterocycles. The highest BCUT2D eigenvalue weighted by molar-refractivity contribution is 9.10. The summed E-state index contributed by atoms with van der Waals surface area (Å²) in [7, 11) is 8.01. The summed E-state index contributed by atoms with van der Waals surface area (Å²) in [6, 6.07) is 0.279. The first-order chi connectivity index (χ1) is 7.06. The van der Waals surface area contributed by atoms with Gasteiger partial charge in [-0.05, 0) is 50.0 Å². The van der Waals surface area contributed by atoms with Crippen molar-refractivity contribution in [1.82, 2.24) is 25.2 Å². The largest absolute Gasteiger partial charge is 0.312 e. The molecule has 0 saturated heterocycles. The maximum atomic E-state index is 3.99. The van der Waals surface area contributed by atoms with Crippen LogP contribution in [0.15, 0.2) is 4.60 Å².